The van der Waals surface area contributed by atoms with Crippen LogP contribution in [0.3, 0.4) is 0 Å². The molecule has 250 valence electrons. The van der Waals surface area contributed by atoms with E-state index < -0.39 is 0 Å². The van der Waals surface area contributed by atoms with E-state index in [1.165, 1.54) is 98.6 Å². The highest BCUT2D eigenvalue weighted by atomic mass is 15.1. The van der Waals surface area contributed by atoms with Crippen molar-refractivity contribution in [2.45, 2.75) is 37.5 Å². The Morgan fingerprint density at radius 1 is 0.481 bits per heavy atom. The van der Waals surface area contributed by atoms with Gasteiger partial charge in [0.25, 0.3) is 0 Å². The third-order valence-corrected chi connectivity index (χ3v) is 13.7. The van der Waals surface area contributed by atoms with E-state index >= 15 is 0 Å². The molecule has 5 aliphatic rings. The van der Waals surface area contributed by atoms with Gasteiger partial charge in [-0.2, -0.15) is 0 Å². The minimum absolute atomic E-state index is 0.122. The normalized spacial score (nSPS) is 23.8. The molecule has 4 saturated carbocycles. The molecule has 2 heteroatoms. The maximum atomic E-state index is 2.57. The third kappa shape index (κ3) is 3.85. The summed E-state index contributed by atoms with van der Waals surface area (Å²) in [6.45, 7) is 0. The standard InChI is InChI=1S/C50H40N2/c1-2-13-38(14-3-1)52-46-19-9-7-15-41(46)43-31-40(23-24-47(43)52)51(39-22-21-34-11-4-5-12-35(34)30-39)48-20-10-18-45-49(48)42-16-6-8-17-44(42)50(45)36-26-32-25-33(28-36)29-37(50)27-32/h1-24,30-33,36-37H,25-29H2. The van der Waals surface area contributed by atoms with E-state index in [4.69, 9.17) is 0 Å². The monoisotopic (exact) mass is 668 g/mol. The Kier molecular flexibility index (Phi) is 5.98. The van der Waals surface area contributed by atoms with Gasteiger partial charge in [-0.1, -0.05) is 103 Å². The van der Waals surface area contributed by atoms with Crippen LogP contribution in [0.15, 0.2) is 158 Å². The highest BCUT2D eigenvalue weighted by molar-refractivity contribution is 6.11. The Morgan fingerprint density at radius 3 is 1.98 bits per heavy atom. The SMILES string of the molecule is c1ccc(-n2c3ccccc3c3cc(N(c4ccc5ccccc5c4)c4cccc5c4-c4ccccc4C54C5CC6CC(C5)CC4C6)ccc32)cc1. The summed E-state index contributed by atoms with van der Waals surface area (Å²) in [6.07, 6.45) is 7.03. The van der Waals surface area contributed by atoms with Gasteiger partial charge in [-0.3, -0.25) is 0 Å². The number of aromatic nitrogens is 1. The fraction of sp³-hybridized carbons (Fsp3) is 0.200. The summed E-state index contributed by atoms with van der Waals surface area (Å²) in [7, 11) is 0. The second-order valence-corrected chi connectivity index (χ2v) is 16.2. The average Bonchev–Trinajstić information content (AvgIpc) is 3.68. The Balaban J connectivity index is 1.13. The molecule has 2 nitrogen and oxygen atoms in total. The minimum Gasteiger partial charge on any atom is -0.310 e. The molecule has 4 bridgehead atoms. The number of para-hydroxylation sites is 2. The first kappa shape index (κ1) is 29.0. The van der Waals surface area contributed by atoms with E-state index in [-0.39, 0.29) is 5.41 Å². The van der Waals surface area contributed by atoms with Gasteiger partial charge in [0.05, 0.1) is 16.7 Å². The predicted molar refractivity (Wildman–Crippen MR) is 216 cm³/mol. The average molecular weight is 669 g/mol. The lowest BCUT2D eigenvalue weighted by Gasteiger charge is -2.61. The van der Waals surface area contributed by atoms with Gasteiger partial charge >= 0.3 is 0 Å². The topological polar surface area (TPSA) is 8.17 Å². The molecule has 1 heterocycles. The molecule has 0 unspecified atom stereocenters. The molecule has 52 heavy (non-hydrogen) atoms. The first-order chi connectivity index (χ1) is 25.8. The number of benzene rings is 7. The Morgan fingerprint density at radius 2 is 1.13 bits per heavy atom. The van der Waals surface area contributed by atoms with Gasteiger partial charge in [0.1, 0.15) is 0 Å². The molecule has 1 spiro atoms. The van der Waals surface area contributed by atoms with Crippen LogP contribution >= 0.6 is 0 Å². The first-order valence-corrected chi connectivity index (χ1v) is 19.4. The molecule has 1 aromatic heterocycles. The quantitative estimate of drug-likeness (QED) is 0.181. The molecule has 8 aromatic rings. The number of hydrogen-bond acceptors (Lipinski definition) is 1. The second-order valence-electron chi connectivity index (χ2n) is 16.2. The molecular formula is C50H40N2. The zero-order chi connectivity index (χ0) is 34.0. The van der Waals surface area contributed by atoms with Crippen molar-refractivity contribution in [1.82, 2.24) is 4.57 Å². The molecule has 0 saturated heterocycles. The van der Waals surface area contributed by atoms with Crippen molar-refractivity contribution in [3.63, 3.8) is 0 Å². The number of hydrogen-bond donors (Lipinski definition) is 0. The van der Waals surface area contributed by atoms with Crippen LogP contribution in [-0.2, 0) is 5.41 Å². The lowest BCUT2D eigenvalue weighted by Crippen LogP contribution is -2.55. The van der Waals surface area contributed by atoms with Crippen LogP contribution in [-0.4, -0.2) is 4.57 Å². The van der Waals surface area contributed by atoms with Crippen molar-refractivity contribution in [2.24, 2.45) is 23.7 Å². The van der Waals surface area contributed by atoms with Crippen LogP contribution in [0.1, 0.15) is 43.2 Å². The lowest BCUT2D eigenvalue weighted by atomic mass is 9.43. The van der Waals surface area contributed by atoms with Crippen LogP contribution in [0, 0.1) is 23.7 Å². The lowest BCUT2D eigenvalue weighted by molar-refractivity contribution is -0.0399. The molecular weight excluding hydrogens is 629 g/mol. The smallest absolute Gasteiger partial charge is 0.0543 e. The Bertz CT molecular complexity index is 2690. The van der Waals surface area contributed by atoms with Crippen LogP contribution in [0.25, 0.3) is 49.4 Å². The molecule has 0 aliphatic heterocycles. The van der Waals surface area contributed by atoms with Crippen LogP contribution < -0.4 is 4.90 Å². The molecule has 0 amide bonds. The first-order valence-electron chi connectivity index (χ1n) is 19.4. The van der Waals surface area contributed by atoms with Crippen LogP contribution in [0.4, 0.5) is 17.1 Å². The van der Waals surface area contributed by atoms with Crippen molar-refractivity contribution in [3.05, 3.63) is 169 Å². The zero-order valence-corrected chi connectivity index (χ0v) is 29.3. The summed E-state index contributed by atoms with van der Waals surface area (Å²) in [6, 6.07) is 59.5. The minimum atomic E-state index is 0.122. The van der Waals surface area contributed by atoms with Gasteiger partial charge < -0.3 is 9.47 Å². The molecule has 4 fully saturated rings. The predicted octanol–water partition coefficient (Wildman–Crippen LogP) is 13.1. The Labute approximate surface area is 305 Å². The van der Waals surface area contributed by atoms with Crippen molar-refractivity contribution in [3.8, 4) is 16.8 Å². The summed E-state index contributed by atoms with van der Waals surface area (Å²) >= 11 is 0. The molecule has 5 aliphatic carbocycles. The van der Waals surface area contributed by atoms with E-state index in [1.54, 1.807) is 11.1 Å². The molecule has 13 rings (SSSR count). The summed E-state index contributed by atoms with van der Waals surface area (Å²) in [5.74, 6) is 3.31. The molecule has 0 atom stereocenters. The van der Waals surface area contributed by atoms with E-state index in [0.717, 1.165) is 23.7 Å². The summed E-state index contributed by atoms with van der Waals surface area (Å²) in [4.78, 5) is 2.57. The molecule has 0 radical (unpaired) electrons. The van der Waals surface area contributed by atoms with Gasteiger partial charge in [0.15, 0.2) is 0 Å². The number of fused-ring (bicyclic) bond motifs is 7. The Hall–Kier alpha value is -5.60. The maximum absolute atomic E-state index is 2.57. The maximum Gasteiger partial charge on any atom is 0.0543 e. The molecule has 0 N–H and O–H groups in total. The highest BCUT2D eigenvalue weighted by Crippen LogP contribution is 2.70. The van der Waals surface area contributed by atoms with Gasteiger partial charge in [-0.15, -0.1) is 0 Å². The van der Waals surface area contributed by atoms with Crippen molar-refractivity contribution in [2.75, 3.05) is 4.90 Å². The number of anilines is 3. The van der Waals surface area contributed by atoms with E-state index in [9.17, 15) is 0 Å². The van der Waals surface area contributed by atoms with Gasteiger partial charge in [0.2, 0.25) is 0 Å². The van der Waals surface area contributed by atoms with Crippen LogP contribution in [0.5, 0.6) is 0 Å². The highest BCUT2D eigenvalue weighted by Gasteiger charge is 2.61. The van der Waals surface area contributed by atoms with Gasteiger partial charge in [0, 0.05) is 38.8 Å². The fourth-order valence-electron chi connectivity index (χ4n) is 12.1. The van der Waals surface area contributed by atoms with Crippen LogP contribution in [0.2, 0.25) is 0 Å². The van der Waals surface area contributed by atoms with E-state index in [1.807, 2.05) is 0 Å². The zero-order valence-electron chi connectivity index (χ0n) is 29.3. The summed E-state index contributed by atoms with van der Waals surface area (Å²) < 4.78 is 2.42. The van der Waals surface area contributed by atoms with Gasteiger partial charge in [-0.25, -0.2) is 0 Å². The number of rotatable bonds is 4. The second kappa shape index (κ2) is 10.7. The largest absolute Gasteiger partial charge is 0.310 e. The summed E-state index contributed by atoms with van der Waals surface area (Å²) in [5, 5.41) is 5.08. The fourth-order valence-corrected chi connectivity index (χ4v) is 12.1. The van der Waals surface area contributed by atoms with Gasteiger partial charge in [-0.05, 0) is 138 Å². The van der Waals surface area contributed by atoms with E-state index in [2.05, 4.69) is 167 Å². The molecule has 7 aromatic carbocycles. The number of nitrogens with zero attached hydrogens (tertiary/aromatic N) is 2. The summed E-state index contributed by atoms with van der Waals surface area (Å²) in [5.41, 5.74) is 13.5. The van der Waals surface area contributed by atoms with E-state index in [0.29, 0.717) is 0 Å². The van der Waals surface area contributed by atoms with Crippen molar-refractivity contribution < 1.29 is 0 Å². The van der Waals surface area contributed by atoms with Crippen molar-refractivity contribution in [1.29, 1.82) is 0 Å². The third-order valence-electron chi connectivity index (χ3n) is 13.7. The van der Waals surface area contributed by atoms with Crippen molar-refractivity contribution >= 4 is 49.6 Å².